The van der Waals surface area contributed by atoms with Crippen LogP contribution in [0.15, 0.2) is 36.5 Å². The van der Waals surface area contributed by atoms with Gasteiger partial charge in [0.1, 0.15) is 0 Å². The molecular weight excluding hydrogens is 222 g/mol. The van der Waals surface area contributed by atoms with Crippen LogP contribution in [0.3, 0.4) is 0 Å². The number of nitro groups is 1. The van der Waals surface area contributed by atoms with Gasteiger partial charge in [-0.25, -0.2) is 4.98 Å². The van der Waals surface area contributed by atoms with Gasteiger partial charge in [-0.2, -0.15) is 0 Å². The molecule has 0 unspecified atom stereocenters. The number of hydrogen-bond acceptors (Lipinski definition) is 5. The molecule has 0 radical (unpaired) electrons. The number of nitrogens with one attached hydrogen (secondary N) is 1. The van der Waals surface area contributed by atoms with E-state index in [4.69, 9.17) is 4.74 Å². The molecule has 0 atom stereocenters. The highest BCUT2D eigenvalue weighted by Crippen LogP contribution is 2.41. The molecule has 17 heavy (non-hydrogen) atoms. The van der Waals surface area contributed by atoms with Crippen LogP contribution in [0.1, 0.15) is 0 Å². The van der Waals surface area contributed by atoms with Crippen LogP contribution in [-0.4, -0.2) is 9.91 Å². The molecule has 1 aromatic carbocycles. The SMILES string of the molecule is O=[N+]([O-])c1ccc2c(c1)Oc1cccnc1N2. The molecule has 1 N–H and O–H groups in total. The Bertz CT molecular complexity index is 613. The van der Waals surface area contributed by atoms with Crippen molar-refractivity contribution in [2.45, 2.75) is 0 Å². The summed E-state index contributed by atoms with van der Waals surface area (Å²) in [6, 6.07) is 7.90. The first-order valence-electron chi connectivity index (χ1n) is 4.92. The normalized spacial score (nSPS) is 11.8. The molecule has 1 aromatic heterocycles. The first kappa shape index (κ1) is 9.59. The zero-order valence-electron chi connectivity index (χ0n) is 8.58. The molecule has 0 fully saturated rings. The fraction of sp³-hybridized carbons (Fsp3) is 0. The second-order valence-electron chi connectivity index (χ2n) is 3.51. The van der Waals surface area contributed by atoms with Gasteiger partial charge in [-0.3, -0.25) is 10.1 Å². The van der Waals surface area contributed by atoms with Gasteiger partial charge in [0.25, 0.3) is 5.69 Å². The van der Waals surface area contributed by atoms with Crippen molar-refractivity contribution < 1.29 is 9.66 Å². The maximum atomic E-state index is 10.6. The van der Waals surface area contributed by atoms with Crippen molar-refractivity contribution in [3.8, 4) is 11.5 Å². The summed E-state index contributed by atoms with van der Waals surface area (Å²) in [7, 11) is 0. The van der Waals surface area contributed by atoms with E-state index in [1.807, 2.05) is 0 Å². The number of hydrogen-bond donors (Lipinski definition) is 1. The fourth-order valence-electron chi connectivity index (χ4n) is 1.63. The minimum atomic E-state index is -0.456. The third-order valence-electron chi connectivity index (χ3n) is 2.42. The van der Waals surface area contributed by atoms with E-state index < -0.39 is 4.92 Å². The van der Waals surface area contributed by atoms with E-state index in [-0.39, 0.29) is 5.69 Å². The van der Waals surface area contributed by atoms with Crippen LogP contribution in [0.4, 0.5) is 17.2 Å². The molecule has 0 aliphatic carbocycles. The summed E-state index contributed by atoms with van der Waals surface area (Å²) >= 11 is 0. The molecule has 0 spiro atoms. The third kappa shape index (κ3) is 1.55. The number of nitro benzene ring substituents is 1. The quantitative estimate of drug-likeness (QED) is 0.512. The number of nitrogens with zero attached hydrogens (tertiary/aromatic N) is 2. The molecule has 0 saturated carbocycles. The Morgan fingerprint density at radius 2 is 2.18 bits per heavy atom. The summed E-state index contributed by atoms with van der Waals surface area (Å²) in [4.78, 5) is 14.3. The van der Waals surface area contributed by atoms with Gasteiger partial charge in [0.05, 0.1) is 16.7 Å². The average Bonchev–Trinajstić information content (AvgIpc) is 2.35. The number of fused-ring (bicyclic) bond motifs is 2. The minimum Gasteiger partial charge on any atom is -0.451 e. The first-order chi connectivity index (χ1) is 8.24. The van der Waals surface area contributed by atoms with Gasteiger partial charge in [-0.15, -0.1) is 0 Å². The smallest absolute Gasteiger partial charge is 0.273 e. The van der Waals surface area contributed by atoms with Crippen LogP contribution in [0, 0.1) is 10.1 Å². The van der Waals surface area contributed by atoms with Gasteiger partial charge in [-0.05, 0) is 18.2 Å². The molecule has 84 valence electrons. The van der Waals surface area contributed by atoms with E-state index in [0.717, 1.165) is 0 Å². The largest absolute Gasteiger partial charge is 0.451 e. The van der Waals surface area contributed by atoms with Crippen LogP contribution >= 0.6 is 0 Å². The number of non-ortho nitro benzene ring substituents is 1. The summed E-state index contributed by atoms with van der Waals surface area (Å²) in [6.45, 7) is 0. The van der Waals surface area contributed by atoms with Crippen molar-refractivity contribution in [2.75, 3.05) is 5.32 Å². The second-order valence-corrected chi connectivity index (χ2v) is 3.51. The topological polar surface area (TPSA) is 77.3 Å². The van der Waals surface area contributed by atoms with Gasteiger partial charge in [0, 0.05) is 12.3 Å². The van der Waals surface area contributed by atoms with E-state index in [9.17, 15) is 10.1 Å². The minimum absolute atomic E-state index is 0.00195. The number of ether oxygens (including phenoxy) is 1. The Morgan fingerprint density at radius 1 is 1.29 bits per heavy atom. The van der Waals surface area contributed by atoms with E-state index in [2.05, 4.69) is 10.3 Å². The zero-order valence-corrected chi connectivity index (χ0v) is 8.58. The lowest BCUT2D eigenvalue weighted by Gasteiger charge is -2.19. The van der Waals surface area contributed by atoms with Gasteiger partial charge >= 0.3 is 0 Å². The van der Waals surface area contributed by atoms with Crippen LogP contribution < -0.4 is 10.1 Å². The highest BCUT2D eigenvalue weighted by molar-refractivity contribution is 5.74. The highest BCUT2D eigenvalue weighted by atomic mass is 16.6. The Hall–Kier alpha value is -2.63. The van der Waals surface area contributed by atoms with Crippen LogP contribution in [0.2, 0.25) is 0 Å². The monoisotopic (exact) mass is 229 g/mol. The summed E-state index contributed by atoms with van der Waals surface area (Å²) in [5.74, 6) is 1.59. The summed E-state index contributed by atoms with van der Waals surface area (Å²) in [5.41, 5.74) is 0.666. The van der Waals surface area contributed by atoms with Crippen molar-refractivity contribution in [1.82, 2.24) is 4.98 Å². The predicted molar refractivity (Wildman–Crippen MR) is 60.7 cm³/mol. The predicted octanol–water partition coefficient (Wildman–Crippen LogP) is 2.84. The number of aromatic nitrogens is 1. The molecule has 2 heterocycles. The summed E-state index contributed by atoms with van der Waals surface area (Å²) in [6.07, 6.45) is 1.64. The molecule has 1 aliphatic heterocycles. The molecule has 0 saturated heterocycles. The van der Waals surface area contributed by atoms with Crippen molar-refractivity contribution in [1.29, 1.82) is 0 Å². The Labute approximate surface area is 96.0 Å². The average molecular weight is 229 g/mol. The van der Waals surface area contributed by atoms with Crippen molar-refractivity contribution in [3.63, 3.8) is 0 Å². The zero-order chi connectivity index (χ0) is 11.8. The number of anilines is 2. The first-order valence-corrected chi connectivity index (χ1v) is 4.92. The lowest BCUT2D eigenvalue weighted by atomic mass is 10.2. The Kier molecular flexibility index (Phi) is 1.94. The van der Waals surface area contributed by atoms with E-state index in [1.54, 1.807) is 24.4 Å². The summed E-state index contributed by atoms with van der Waals surface area (Å²) in [5, 5.41) is 13.7. The fourth-order valence-corrected chi connectivity index (χ4v) is 1.63. The molecule has 6 nitrogen and oxygen atoms in total. The van der Waals surface area contributed by atoms with Gasteiger partial charge in [0.2, 0.25) is 0 Å². The van der Waals surface area contributed by atoms with Gasteiger partial charge < -0.3 is 10.1 Å². The van der Waals surface area contributed by atoms with E-state index in [1.165, 1.54) is 12.1 Å². The number of pyridine rings is 1. The molecule has 1 aliphatic rings. The lowest BCUT2D eigenvalue weighted by molar-refractivity contribution is -0.384. The molecular formula is C11H7N3O3. The van der Waals surface area contributed by atoms with Gasteiger partial charge in [-0.1, -0.05) is 0 Å². The van der Waals surface area contributed by atoms with Crippen molar-refractivity contribution in [2.24, 2.45) is 0 Å². The maximum Gasteiger partial charge on any atom is 0.273 e. The van der Waals surface area contributed by atoms with Crippen molar-refractivity contribution in [3.05, 3.63) is 46.6 Å². The van der Waals surface area contributed by atoms with Crippen LogP contribution in [0.5, 0.6) is 11.5 Å². The molecule has 0 amide bonds. The Morgan fingerprint density at radius 3 is 3.00 bits per heavy atom. The molecule has 2 aromatic rings. The lowest BCUT2D eigenvalue weighted by Crippen LogP contribution is -2.04. The number of rotatable bonds is 1. The third-order valence-corrected chi connectivity index (χ3v) is 2.42. The number of benzene rings is 1. The summed E-state index contributed by atoms with van der Waals surface area (Å²) < 4.78 is 5.54. The van der Waals surface area contributed by atoms with Gasteiger partial charge in [0.15, 0.2) is 17.3 Å². The van der Waals surface area contributed by atoms with E-state index in [0.29, 0.717) is 23.0 Å². The molecule has 6 heteroatoms. The standard InChI is InChI=1S/C11H7N3O3/c15-14(16)7-3-4-8-10(6-7)17-9-2-1-5-12-11(9)13-8/h1-6H,(H,12,13). The maximum absolute atomic E-state index is 10.6. The van der Waals surface area contributed by atoms with Crippen LogP contribution in [-0.2, 0) is 0 Å². The highest BCUT2D eigenvalue weighted by Gasteiger charge is 2.19. The Balaban J connectivity index is 2.06. The second kappa shape index (κ2) is 3.44. The van der Waals surface area contributed by atoms with E-state index >= 15 is 0 Å². The van der Waals surface area contributed by atoms with Crippen molar-refractivity contribution >= 4 is 17.2 Å². The molecule has 0 bridgehead atoms. The van der Waals surface area contributed by atoms with Crippen LogP contribution in [0.25, 0.3) is 0 Å². The molecule has 3 rings (SSSR count).